The van der Waals surface area contributed by atoms with Gasteiger partial charge in [-0.15, -0.1) is 0 Å². The van der Waals surface area contributed by atoms with Crippen LogP contribution in [0.5, 0.6) is 0 Å². The van der Waals surface area contributed by atoms with Crippen LogP contribution in [-0.4, -0.2) is 38.9 Å². The van der Waals surface area contributed by atoms with Crippen LogP contribution < -0.4 is 0 Å². The fourth-order valence-electron chi connectivity index (χ4n) is 2.24. The molecule has 1 saturated heterocycles. The summed E-state index contributed by atoms with van der Waals surface area (Å²) in [5.74, 6) is 0.722. The number of hydrogen-bond acceptors (Lipinski definition) is 3. The second-order valence-electron chi connectivity index (χ2n) is 5.06. The van der Waals surface area contributed by atoms with E-state index in [1.807, 2.05) is 4.90 Å². The zero-order valence-corrected chi connectivity index (χ0v) is 10.5. The molecule has 0 aromatic carbocycles. The number of amides is 1. The van der Waals surface area contributed by atoms with Crippen LogP contribution in [0.4, 0.5) is 0 Å². The molecule has 1 aliphatic heterocycles. The molecule has 1 amide bonds. The molecule has 0 N–H and O–H groups in total. The molecule has 2 rings (SSSR count). The van der Waals surface area contributed by atoms with E-state index in [9.17, 15) is 4.79 Å². The number of aromatic nitrogens is 3. The van der Waals surface area contributed by atoms with Gasteiger partial charge in [-0.25, -0.2) is 0 Å². The Morgan fingerprint density at radius 2 is 1.88 bits per heavy atom. The van der Waals surface area contributed by atoms with Crippen LogP contribution in [0.25, 0.3) is 0 Å². The molecule has 2 heterocycles. The number of piperidine rings is 1. The molecule has 1 aliphatic rings. The molecular formula is C12H20N4O. The smallest absolute Gasteiger partial charge is 0.222 e. The average molecular weight is 236 g/mol. The van der Waals surface area contributed by atoms with Crippen molar-refractivity contribution in [1.82, 2.24) is 19.9 Å². The van der Waals surface area contributed by atoms with Gasteiger partial charge >= 0.3 is 0 Å². The Morgan fingerprint density at radius 3 is 2.41 bits per heavy atom. The van der Waals surface area contributed by atoms with Gasteiger partial charge < -0.3 is 4.90 Å². The molecule has 0 unspecified atom stereocenters. The summed E-state index contributed by atoms with van der Waals surface area (Å²) in [6, 6.07) is 0.355. The van der Waals surface area contributed by atoms with Gasteiger partial charge in [0.2, 0.25) is 5.91 Å². The van der Waals surface area contributed by atoms with Crippen LogP contribution in [0.3, 0.4) is 0 Å². The van der Waals surface area contributed by atoms with Crippen molar-refractivity contribution in [2.75, 3.05) is 13.1 Å². The second-order valence-corrected chi connectivity index (χ2v) is 5.06. The molecule has 0 radical (unpaired) electrons. The minimum absolute atomic E-state index is 0.284. The zero-order valence-electron chi connectivity index (χ0n) is 10.5. The highest BCUT2D eigenvalue weighted by Crippen LogP contribution is 2.21. The maximum Gasteiger partial charge on any atom is 0.222 e. The molecule has 1 aromatic heterocycles. The van der Waals surface area contributed by atoms with Gasteiger partial charge in [-0.1, -0.05) is 13.8 Å². The van der Waals surface area contributed by atoms with Gasteiger partial charge in [0.15, 0.2) is 0 Å². The summed E-state index contributed by atoms with van der Waals surface area (Å²) in [5.41, 5.74) is 0. The second kappa shape index (κ2) is 5.29. The Bertz CT molecular complexity index is 353. The summed E-state index contributed by atoms with van der Waals surface area (Å²) in [6.07, 6.45) is 5.98. The Morgan fingerprint density at radius 1 is 1.29 bits per heavy atom. The molecule has 0 atom stereocenters. The highest BCUT2D eigenvalue weighted by atomic mass is 16.2. The number of carbonyl (C=O) groups is 1. The van der Waals surface area contributed by atoms with Crippen LogP contribution in [0.15, 0.2) is 12.4 Å². The van der Waals surface area contributed by atoms with E-state index in [0.29, 0.717) is 18.4 Å². The fraction of sp³-hybridized carbons (Fsp3) is 0.750. The summed E-state index contributed by atoms with van der Waals surface area (Å²) in [4.78, 5) is 15.6. The van der Waals surface area contributed by atoms with Crippen LogP contribution in [-0.2, 0) is 4.79 Å². The molecule has 0 spiro atoms. The first-order valence-electron chi connectivity index (χ1n) is 6.30. The van der Waals surface area contributed by atoms with Gasteiger partial charge in [-0.2, -0.15) is 15.0 Å². The van der Waals surface area contributed by atoms with Gasteiger partial charge in [-0.3, -0.25) is 4.79 Å². The monoisotopic (exact) mass is 236 g/mol. The van der Waals surface area contributed by atoms with Crippen molar-refractivity contribution in [2.45, 2.75) is 39.2 Å². The van der Waals surface area contributed by atoms with Crippen LogP contribution in [0, 0.1) is 5.92 Å². The first-order valence-corrected chi connectivity index (χ1v) is 6.30. The molecule has 94 valence electrons. The first-order chi connectivity index (χ1) is 8.16. The quantitative estimate of drug-likeness (QED) is 0.799. The van der Waals surface area contributed by atoms with Crippen molar-refractivity contribution in [2.24, 2.45) is 5.92 Å². The lowest BCUT2D eigenvalue weighted by Gasteiger charge is -2.31. The normalized spacial score (nSPS) is 17.7. The highest BCUT2D eigenvalue weighted by molar-refractivity contribution is 5.76. The van der Waals surface area contributed by atoms with Gasteiger partial charge in [0.05, 0.1) is 18.4 Å². The SMILES string of the molecule is CC(C)CC(=O)N1CCC(n2nccn2)CC1. The summed E-state index contributed by atoms with van der Waals surface area (Å²) in [5, 5.41) is 8.32. The number of likely N-dealkylation sites (tertiary alicyclic amines) is 1. The third kappa shape index (κ3) is 3.05. The Balaban J connectivity index is 1.84. The molecule has 0 bridgehead atoms. The van der Waals surface area contributed by atoms with E-state index in [4.69, 9.17) is 0 Å². The number of nitrogens with zero attached hydrogens (tertiary/aromatic N) is 4. The largest absolute Gasteiger partial charge is 0.343 e. The maximum absolute atomic E-state index is 11.9. The molecule has 5 nitrogen and oxygen atoms in total. The van der Waals surface area contributed by atoms with Gasteiger partial charge in [0.25, 0.3) is 0 Å². The minimum Gasteiger partial charge on any atom is -0.343 e. The lowest BCUT2D eigenvalue weighted by Crippen LogP contribution is -2.39. The van der Waals surface area contributed by atoms with E-state index >= 15 is 0 Å². The molecule has 5 heteroatoms. The highest BCUT2D eigenvalue weighted by Gasteiger charge is 2.24. The van der Waals surface area contributed by atoms with Crippen molar-refractivity contribution >= 4 is 5.91 Å². The predicted octanol–water partition coefficient (Wildman–Crippen LogP) is 1.49. The topological polar surface area (TPSA) is 51.0 Å². The van der Waals surface area contributed by atoms with E-state index in [2.05, 4.69) is 24.0 Å². The van der Waals surface area contributed by atoms with Crippen molar-refractivity contribution in [3.63, 3.8) is 0 Å². The Labute approximate surface area is 102 Å². The Hall–Kier alpha value is -1.39. The number of hydrogen-bond donors (Lipinski definition) is 0. The lowest BCUT2D eigenvalue weighted by atomic mass is 10.0. The van der Waals surface area contributed by atoms with Crippen LogP contribution >= 0.6 is 0 Å². The molecule has 1 aromatic rings. The van der Waals surface area contributed by atoms with E-state index < -0.39 is 0 Å². The van der Waals surface area contributed by atoms with Crippen molar-refractivity contribution in [1.29, 1.82) is 0 Å². The van der Waals surface area contributed by atoms with Crippen molar-refractivity contribution in [3.05, 3.63) is 12.4 Å². The van der Waals surface area contributed by atoms with Gasteiger partial charge in [-0.05, 0) is 18.8 Å². The molecule has 0 aliphatic carbocycles. The van der Waals surface area contributed by atoms with Crippen molar-refractivity contribution < 1.29 is 4.79 Å². The van der Waals surface area contributed by atoms with Crippen LogP contribution in [0.2, 0.25) is 0 Å². The molecular weight excluding hydrogens is 216 g/mol. The lowest BCUT2D eigenvalue weighted by molar-refractivity contribution is -0.133. The third-order valence-electron chi connectivity index (χ3n) is 3.16. The molecule has 1 fully saturated rings. The van der Waals surface area contributed by atoms with E-state index in [0.717, 1.165) is 25.9 Å². The third-order valence-corrected chi connectivity index (χ3v) is 3.16. The summed E-state index contributed by atoms with van der Waals surface area (Å²) >= 11 is 0. The fourth-order valence-corrected chi connectivity index (χ4v) is 2.24. The molecule has 0 saturated carbocycles. The summed E-state index contributed by atoms with van der Waals surface area (Å²) < 4.78 is 0. The van der Waals surface area contributed by atoms with Gasteiger partial charge in [0, 0.05) is 19.5 Å². The van der Waals surface area contributed by atoms with E-state index in [-0.39, 0.29) is 5.91 Å². The Kier molecular flexibility index (Phi) is 3.76. The average Bonchev–Trinajstić information content (AvgIpc) is 2.82. The zero-order chi connectivity index (χ0) is 12.3. The van der Waals surface area contributed by atoms with E-state index in [1.165, 1.54) is 0 Å². The molecule has 17 heavy (non-hydrogen) atoms. The predicted molar refractivity (Wildman–Crippen MR) is 64.3 cm³/mol. The number of rotatable bonds is 3. The standard InChI is InChI=1S/C12H20N4O/c1-10(2)9-12(17)15-7-3-11(4-8-15)16-13-5-6-14-16/h5-6,10-11H,3-4,7-9H2,1-2H3. The summed E-state index contributed by atoms with van der Waals surface area (Å²) in [6.45, 7) is 5.83. The minimum atomic E-state index is 0.284. The summed E-state index contributed by atoms with van der Waals surface area (Å²) in [7, 11) is 0. The van der Waals surface area contributed by atoms with E-state index in [1.54, 1.807) is 17.2 Å². The number of carbonyl (C=O) groups excluding carboxylic acids is 1. The van der Waals surface area contributed by atoms with Gasteiger partial charge in [0.1, 0.15) is 0 Å². The van der Waals surface area contributed by atoms with Crippen molar-refractivity contribution in [3.8, 4) is 0 Å². The first kappa shape index (κ1) is 12.1. The maximum atomic E-state index is 11.9. The van der Waals surface area contributed by atoms with Crippen LogP contribution in [0.1, 0.15) is 39.2 Å².